The monoisotopic (exact) mass is 415 g/mol. The number of ether oxygens (including phenoxy) is 1. The van der Waals surface area contributed by atoms with E-state index in [0.717, 1.165) is 30.4 Å². The van der Waals surface area contributed by atoms with Crippen molar-refractivity contribution in [3.63, 3.8) is 0 Å². The van der Waals surface area contributed by atoms with Crippen LogP contribution >= 0.6 is 0 Å². The minimum atomic E-state index is -1.22. The van der Waals surface area contributed by atoms with Gasteiger partial charge in [0.2, 0.25) is 0 Å². The van der Waals surface area contributed by atoms with Crippen LogP contribution in [-0.2, 0) is 11.2 Å². The number of hydrogen-bond donors (Lipinski definition) is 5. The third-order valence-corrected chi connectivity index (χ3v) is 6.53. The van der Waals surface area contributed by atoms with Crippen LogP contribution in [0.1, 0.15) is 29.9 Å². The lowest BCUT2D eigenvalue weighted by Crippen LogP contribution is -2.58. The topological polar surface area (TPSA) is 156 Å². The molecule has 6 N–H and O–H groups in total. The van der Waals surface area contributed by atoms with Gasteiger partial charge >= 0.3 is 0 Å². The number of aliphatic hydroxyl groups excluding tert-OH is 3. The Morgan fingerprint density at radius 3 is 2.87 bits per heavy atom. The molecule has 1 fully saturated rings. The molecular formula is C20H25N5O5. The van der Waals surface area contributed by atoms with Crippen LogP contribution in [0.3, 0.4) is 0 Å². The van der Waals surface area contributed by atoms with Gasteiger partial charge in [0.05, 0.1) is 6.61 Å². The number of hydrogen-bond acceptors (Lipinski definition) is 10. The Morgan fingerprint density at radius 2 is 2.10 bits per heavy atom. The molecule has 0 radical (unpaired) electrons. The summed E-state index contributed by atoms with van der Waals surface area (Å²) in [5, 5.41) is 40.2. The van der Waals surface area contributed by atoms with E-state index in [4.69, 9.17) is 10.5 Å². The molecule has 5 rings (SSSR count). The molecule has 1 aromatic carbocycles. The SMILES string of the molecule is NC1(C2CCCc3c(O)cccc32)N=CN=C2C1=NCN2[C@@H]1O[C@H](CO)[C@@H](O)[C@H]1O. The number of rotatable bonds is 3. The van der Waals surface area contributed by atoms with Gasteiger partial charge in [-0.05, 0) is 36.5 Å². The summed E-state index contributed by atoms with van der Waals surface area (Å²) in [5.41, 5.74) is 8.01. The lowest BCUT2D eigenvalue weighted by Gasteiger charge is -2.40. The highest BCUT2D eigenvalue weighted by Gasteiger charge is 2.53. The first-order valence-corrected chi connectivity index (χ1v) is 10.1. The molecule has 30 heavy (non-hydrogen) atoms. The summed E-state index contributed by atoms with van der Waals surface area (Å²) in [6.07, 6.45) is -0.411. The summed E-state index contributed by atoms with van der Waals surface area (Å²) in [6.45, 7) is -0.268. The molecule has 1 saturated heterocycles. The zero-order valence-corrected chi connectivity index (χ0v) is 16.3. The van der Waals surface area contributed by atoms with E-state index in [9.17, 15) is 20.4 Å². The Balaban J connectivity index is 1.47. The maximum atomic E-state index is 10.4. The van der Waals surface area contributed by atoms with E-state index in [2.05, 4.69) is 15.0 Å². The van der Waals surface area contributed by atoms with E-state index in [1.165, 1.54) is 6.34 Å². The number of nitrogens with two attached hydrogens (primary N) is 1. The quantitative estimate of drug-likeness (QED) is 0.426. The van der Waals surface area contributed by atoms with Crippen LogP contribution in [0.15, 0.2) is 33.2 Å². The van der Waals surface area contributed by atoms with Crippen molar-refractivity contribution in [1.82, 2.24) is 4.90 Å². The second kappa shape index (κ2) is 7.10. The Kier molecular flexibility index (Phi) is 4.64. The Hall–Kier alpha value is -2.37. The Morgan fingerprint density at radius 1 is 1.27 bits per heavy atom. The molecule has 0 saturated carbocycles. The number of amidine groups is 1. The van der Waals surface area contributed by atoms with E-state index in [1.807, 2.05) is 6.07 Å². The Labute approximate surface area is 173 Å². The molecule has 4 aliphatic rings. The highest BCUT2D eigenvalue weighted by Crippen LogP contribution is 2.44. The molecule has 0 amide bonds. The Bertz CT molecular complexity index is 950. The first-order chi connectivity index (χ1) is 14.5. The van der Waals surface area contributed by atoms with Gasteiger partial charge in [0.15, 0.2) is 17.7 Å². The third-order valence-electron chi connectivity index (χ3n) is 6.53. The average Bonchev–Trinajstić information content (AvgIpc) is 3.30. The molecule has 3 heterocycles. The van der Waals surface area contributed by atoms with Crippen molar-refractivity contribution in [2.24, 2.45) is 20.7 Å². The molecular weight excluding hydrogens is 390 g/mol. The normalized spacial score (nSPS) is 37.6. The van der Waals surface area contributed by atoms with Gasteiger partial charge < -0.3 is 35.8 Å². The molecule has 6 atom stereocenters. The van der Waals surface area contributed by atoms with Gasteiger partial charge in [0.1, 0.15) is 42.8 Å². The van der Waals surface area contributed by atoms with Crippen LogP contribution in [0.25, 0.3) is 0 Å². The molecule has 2 unspecified atom stereocenters. The van der Waals surface area contributed by atoms with Crippen LogP contribution in [-0.4, -0.2) is 86.7 Å². The van der Waals surface area contributed by atoms with Crippen molar-refractivity contribution >= 4 is 17.9 Å². The fraction of sp³-hybridized carbons (Fsp3) is 0.550. The zero-order valence-electron chi connectivity index (χ0n) is 16.3. The summed E-state index contributed by atoms with van der Waals surface area (Å²) in [7, 11) is 0. The van der Waals surface area contributed by atoms with Gasteiger partial charge in [-0.3, -0.25) is 4.99 Å². The molecule has 0 aromatic heterocycles. The number of aliphatic imine (C=N–C) groups is 3. The summed E-state index contributed by atoms with van der Waals surface area (Å²) >= 11 is 0. The van der Waals surface area contributed by atoms with E-state index in [0.29, 0.717) is 11.5 Å². The number of benzene rings is 1. The minimum absolute atomic E-state index is 0.142. The maximum Gasteiger partial charge on any atom is 0.162 e. The maximum absolute atomic E-state index is 10.4. The predicted octanol–water partition coefficient (Wildman–Crippen LogP) is -0.939. The smallest absolute Gasteiger partial charge is 0.162 e. The molecule has 1 aliphatic carbocycles. The molecule has 0 spiro atoms. The summed E-state index contributed by atoms with van der Waals surface area (Å²) in [5.74, 6) is 0.504. The first-order valence-electron chi connectivity index (χ1n) is 10.1. The summed E-state index contributed by atoms with van der Waals surface area (Å²) in [4.78, 5) is 15.1. The highest BCUT2D eigenvalue weighted by molar-refractivity contribution is 6.47. The van der Waals surface area contributed by atoms with Gasteiger partial charge in [0.25, 0.3) is 0 Å². The summed E-state index contributed by atoms with van der Waals surface area (Å²) < 4.78 is 5.66. The highest BCUT2D eigenvalue weighted by atomic mass is 16.6. The number of nitrogens with zero attached hydrogens (tertiary/aromatic N) is 4. The van der Waals surface area contributed by atoms with E-state index in [-0.39, 0.29) is 18.3 Å². The van der Waals surface area contributed by atoms with Gasteiger partial charge in [-0.1, -0.05) is 12.1 Å². The van der Waals surface area contributed by atoms with E-state index >= 15 is 0 Å². The van der Waals surface area contributed by atoms with Crippen molar-refractivity contribution in [2.75, 3.05) is 13.3 Å². The van der Waals surface area contributed by atoms with E-state index < -0.39 is 36.8 Å². The molecule has 160 valence electrons. The molecule has 1 aromatic rings. The van der Waals surface area contributed by atoms with Crippen LogP contribution in [0.4, 0.5) is 0 Å². The fourth-order valence-corrected chi connectivity index (χ4v) is 4.98. The number of phenols is 1. The first kappa shape index (κ1) is 19.6. The average molecular weight is 415 g/mol. The number of aliphatic hydroxyl groups is 3. The molecule has 10 nitrogen and oxygen atoms in total. The van der Waals surface area contributed by atoms with Gasteiger partial charge in [0, 0.05) is 5.92 Å². The second-order valence-electron chi connectivity index (χ2n) is 8.16. The standard InChI is InChI=1S/C20H25N5O5/c21-20(12-5-1-4-11-10(12)3-2-6-13(11)27)17-18(22-8-24-20)25(9-23-17)19-16(29)15(28)14(7-26)30-19/h2-3,6,8,12,14-16,19,26-29H,1,4-5,7,9,21H2/t12?,14-,15-,16-,19-,20?/m1/s1. The second-order valence-corrected chi connectivity index (χ2v) is 8.16. The lowest BCUT2D eigenvalue weighted by molar-refractivity contribution is -0.0688. The largest absolute Gasteiger partial charge is 0.508 e. The third kappa shape index (κ3) is 2.72. The van der Waals surface area contributed by atoms with Gasteiger partial charge in [-0.25, -0.2) is 9.98 Å². The van der Waals surface area contributed by atoms with E-state index in [1.54, 1.807) is 17.0 Å². The molecule has 3 aliphatic heterocycles. The minimum Gasteiger partial charge on any atom is -0.508 e. The zero-order chi connectivity index (χ0) is 21.0. The van der Waals surface area contributed by atoms with Crippen molar-refractivity contribution in [2.45, 2.75) is 55.4 Å². The predicted molar refractivity (Wildman–Crippen MR) is 109 cm³/mol. The van der Waals surface area contributed by atoms with Crippen LogP contribution in [0.5, 0.6) is 5.75 Å². The van der Waals surface area contributed by atoms with Crippen LogP contribution in [0, 0.1) is 0 Å². The van der Waals surface area contributed by atoms with Crippen molar-refractivity contribution < 1.29 is 25.2 Å². The van der Waals surface area contributed by atoms with Crippen molar-refractivity contribution in [1.29, 1.82) is 0 Å². The van der Waals surface area contributed by atoms with Crippen LogP contribution < -0.4 is 5.73 Å². The lowest BCUT2D eigenvalue weighted by atomic mass is 9.73. The number of aromatic hydroxyl groups is 1. The van der Waals surface area contributed by atoms with Gasteiger partial charge in [-0.2, -0.15) is 0 Å². The molecule has 10 heteroatoms. The number of fused-ring (bicyclic) bond motifs is 2. The fourth-order valence-electron chi connectivity index (χ4n) is 4.98. The van der Waals surface area contributed by atoms with Crippen LogP contribution in [0.2, 0.25) is 0 Å². The summed E-state index contributed by atoms with van der Waals surface area (Å²) in [6, 6.07) is 5.45. The number of phenolic OH excluding ortho intramolecular Hbond substituents is 1. The van der Waals surface area contributed by atoms with Crippen molar-refractivity contribution in [3.8, 4) is 5.75 Å². The van der Waals surface area contributed by atoms with Gasteiger partial charge in [-0.15, -0.1) is 0 Å². The van der Waals surface area contributed by atoms with Crippen molar-refractivity contribution in [3.05, 3.63) is 29.3 Å². The molecule has 0 bridgehead atoms.